The molecule has 0 saturated heterocycles. The highest BCUT2D eigenvalue weighted by Gasteiger charge is 2.37. The van der Waals surface area contributed by atoms with Crippen LogP contribution >= 0.6 is 11.6 Å². The van der Waals surface area contributed by atoms with Crippen molar-refractivity contribution in [3.8, 4) is 0 Å². The van der Waals surface area contributed by atoms with E-state index in [1.54, 1.807) is 6.20 Å². The van der Waals surface area contributed by atoms with Crippen molar-refractivity contribution < 1.29 is 4.79 Å². The van der Waals surface area contributed by atoms with Gasteiger partial charge in [0.15, 0.2) is 0 Å². The second kappa shape index (κ2) is 6.93. The monoisotopic (exact) mass is 395 g/mol. The molecule has 1 heterocycles. The molecular weight excluding hydrogens is 370 g/mol. The van der Waals surface area contributed by atoms with Gasteiger partial charge in [0.25, 0.3) is 0 Å². The first-order chi connectivity index (χ1) is 13.3. The molecule has 3 N–H and O–H groups in total. The van der Waals surface area contributed by atoms with Crippen molar-refractivity contribution >= 4 is 39.7 Å². The molecule has 1 amide bonds. The molecule has 2 atom stereocenters. The first kappa shape index (κ1) is 19.0. The summed E-state index contributed by atoms with van der Waals surface area (Å²) in [5.41, 5.74) is 9.25. The van der Waals surface area contributed by atoms with Crippen molar-refractivity contribution in [2.45, 2.75) is 45.6 Å². The number of carbonyl (C=O) groups is 1. The van der Waals surface area contributed by atoms with E-state index in [-0.39, 0.29) is 23.3 Å². The van der Waals surface area contributed by atoms with Gasteiger partial charge in [-0.25, -0.2) is 4.98 Å². The van der Waals surface area contributed by atoms with Crippen LogP contribution in [0.4, 0.5) is 5.82 Å². The van der Waals surface area contributed by atoms with Crippen molar-refractivity contribution in [3.05, 3.63) is 52.7 Å². The van der Waals surface area contributed by atoms with E-state index in [0.29, 0.717) is 10.8 Å². The van der Waals surface area contributed by atoms with Crippen LogP contribution in [0.15, 0.2) is 42.1 Å². The lowest BCUT2D eigenvalue weighted by Crippen LogP contribution is -2.53. The Morgan fingerprint density at radius 3 is 2.79 bits per heavy atom. The summed E-state index contributed by atoms with van der Waals surface area (Å²) >= 11 is 6.30. The van der Waals surface area contributed by atoms with Crippen LogP contribution in [-0.4, -0.2) is 16.4 Å². The highest BCUT2D eigenvalue weighted by Crippen LogP contribution is 2.40. The van der Waals surface area contributed by atoms with Crippen LogP contribution in [0.2, 0.25) is 5.02 Å². The van der Waals surface area contributed by atoms with Gasteiger partial charge in [0.1, 0.15) is 5.82 Å². The Bertz CT molecular complexity index is 1020. The number of amides is 1. The Balaban J connectivity index is 1.66. The average molecular weight is 396 g/mol. The third kappa shape index (κ3) is 3.20. The third-order valence-corrected chi connectivity index (χ3v) is 6.72. The molecule has 1 saturated carbocycles. The van der Waals surface area contributed by atoms with Crippen molar-refractivity contribution in [1.29, 1.82) is 0 Å². The van der Waals surface area contributed by atoms with Gasteiger partial charge in [-0.1, -0.05) is 42.8 Å². The number of benzene rings is 1. The number of nitrogens with two attached hydrogens (primary N) is 1. The Morgan fingerprint density at radius 2 is 2.11 bits per heavy atom. The molecule has 2 aliphatic rings. The van der Waals surface area contributed by atoms with Gasteiger partial charge in [0.2, 0.25) is 5.91 Å². The highest BCUT2D eigenvalue weighted by molar-refractivity contribution is 6.37. The molecule has 146 valence electrons. The second-order valence-electron chi connectivity index (χ2n) is 8.43. The fraction of sp³-hybridized carbons (Fsp3) is 0.391. The number of fused-ring (bicyclic) bond motifs is 1. The third-order valence-electron chi connectivity index (χ3n) is 6.32. The van der Waals surface area contributed by atoms with Gasteiger partial charge in [-0.15, -0.1) is 0 Å². The van der Waals surface area contributed by atoms with Crippen LogP contribution in [0.25, 0.3) is 16.3 Å². The molecule has 2 unspecified atom stereocenters. The van der Waals surface area contributed by atoms with E-state index in [9.17, 15) is 4.79 Å². The minimum atomic E-state index is -0.167. The number of rotatable bonds is 3. The van der Waals surface area contributed by atoms with E-state index < -0.39 is 0 Å². The SMILES string of the molecule is CC1=C(c2ccc3c(Cl)c(N)ncc3c2)C(C)C(C(=O)NC2(C)CCC2)C=C1. The van der Waals surface area contributed by atoms with Gasteiger partial charge in [-0.05, 0) is 61.8 Å². The quantitative estimate of drug-likeness (QED) is 0.757. The molecule has 2 aromatic rings. The van der Waals surface area contributed by atoms with Gasteiger partial charge >= 0.3 is 0 Å². The van der Waals surface area contributed by atoms with Crippen LogP contribution in [0.3, 0.4) is 0 Å². The summed E-state index contributed by atoms with van der Waals surface area (Å²) in [5.74, 6) is 0.380. The number of nitrogens with zero attached hydrogens (tertiary/aromatic N) is 1. The van der Waals surface area contributed by atoms with Gasteiger partial charge < -0.3 is 11.1 Å². The van der Waals surface area contributed by atoms with E-state index >= 15 is 0 Å². The number of anilines is 1. The first-order valence-corrected chi connectivity index (χ1v) is 10.2. The molecule has 0 bridgehead atoms. The first-order valence-electron chi connectivity index (χ1n) is 9.84. The number of carbonyl (C=O) groups excluding carboxylic acids is 1. The van der Waals surface area contributed by atoms with E-state index in [1.807, 2.05) is 12.1 Å². The van der Waals surface area contributed by atoms with Gasteiger partial charge in [-0.3, -0.25) is 4.79 Å². The van der Waals surface area contributed by atoms with Crippen LogP contribution in [0, 0.1) is 11.8 Å². The Labute approximate surface area is 170 Å². The fourth-order valence-corrected chi connectivity index (χ4v) is 4.65. The lowest BCUT2D eigenvalue weighted by molar-refractivity contribution is -0.127. The van der Waals surface area contributed by atoms with Crippen LogP contribution in [-0.2, 0) is 4.79 Å². The molecule has 1 aromatic carbocycles. The second-order valence-corrected chi connectivity index (χ2v) is 8.81. The predicted octanol–water partition coefficient (Wildman–Crippen LogP) is 5.12. The van der Waals surface area contributed by atoms with E-state index in [2.05, 4.69) is 49.3 Å². The fourth-order valence-electron chi connectivity index (χ4n) is 4.43. The molecule has 1 fully saturated rings. The molecule has 0 spiro atoms. The smallest absolute Gasteiger partial charge is 0.227 e. The van der Waals surface area contributed by atoms with Crippen molar-refractivity contribution in [3.63, 3.8) is 0 Å². The summed E-state index contributed by atoms with van der Waals surface area (Å²) in [6.07, 6.45) is 9.18. The minimum Gasteiger partial charge on any atom is -0.382 e. The number of nitrogens with one attached hydrogen (secondary N) is 1. The molecule has 1 aromatic heterocycles. The van der Waals surface area contributed by atoms with Crippen molar-refractivity contribution in [2.24, 2.45) is 11.8 Å². The number of pyridine rings is 1. The lowest BCUT2D eigenvalue weighted by atomic mass is 9.75. The molecule has 28 heavy (non-hydrogen) atoms. The van der Waals surface area contributed by atoms with E-state index in [1.165, 1.54) is 17.6 Å². The number of hydrogen-bond donors (Lipinski definition) is 2. The molecule has 0 radical (unpaired) electrons. The Hall–Kier alpha value is -2.33. The summed E-state index contributed by atoms with van der Waals surface area (Å²) in [6, 6.07) is 6.13. The zero-order chi connectivity index (χ0) is 20.1. The van der Waals surface area contributed by atoms with Crippen LogP contribution in [0.5, 0.6) is 0 Å². The molecule has 2 aliphatic carbocycles. The number of nitrogen functional groups attached to an aromatic ring is 1. The average Bonchev–Trinajstić information content (AvgIpc) is 2.63. The van der Waals surface area contributed by atoms with Crippen molar-refractivity contribution in [1.82, 2.24) is 10.3 Å². The maximum absolute atomic E-state index is 13.0. The zero-order valence-electron chi connectivity index (χ0n) is 16.6. The number of halogens is 1. The van der Waals surface area contributed by atoms with Crippen molar-refractivity contribution in [2.75, 3.05) is 5.73 Å². The largest absolute Gasteiger partial charge is 0.382 e. The standard InChI is InChI=1S/C23H26ClN3O/c1-13-5-7-17(22(28)27-23(3)9-4-10-23)14(2)19(13)15-6-8-18-16(11-15)12-26-21(25)20(18)24/h5-8,11-12,14,17H,4,9-10H2,1-3H3,(H2,25,26)(H,27,28). The summed E-state index contributed by atoms with van der Waals surface area (Å²) < 4.78 is 0. The normalized spacial score (nSPS) is 23.6. The van der Waals surface area contributed by atoms with Gasteiger partial charge in [-0.2, -0.15) is 0 Å². The predicted molar refractivity (Wildman–Crippen MR) is 116 cm³/mol. The van der Waals surface area contributed by atoms with Gasteiger partial charge in [0.05, 0.1) is 10.9 Å². The van der Waals surface area contributed by atoms with E-state index in [0.717, 1.165) is 29.2 Å². The highest BCUT2D eigenvalue weighted by atomic mass is 35.5. The lowest BCUT2D eigenvalue weighted by Gasteiger charge is -2.41. The summed E-state index contributed by atoms with van der Waals surface area (Å²) in [7, 11) is 0. The number of hydrogen-bond acceptors (Lipinski definition) is 3. The summed E-state index contributed by atoms with van der Waals surface area (Å²) in [4.78, 5) is 17.2. The summed E-state index contributed by atoms with van der Waals surface area (Å²) in [6.45, 7) is 6.37. The molecule has 4 nitrogen and oxygen atoms in total. The van der Waals surface area contributed by atoms with Gasteiger partial charge in [0, 0.05) is 22.5 Å². The van der Waals surface area contributed by atoms with Crippen LogP contribution in [0.1, 0.15) is 45.6 Å². The molecule has 5 heteroatoms. The minimum absolute atomic E-state index is 0.0354. The maximum atomic E-state index is 13.0. The molecular formula is C23H26ClN3O. The Kier molecular flexibility index (Phi) is 4.70. The zero-order valence-corrected chi connectivity index (χ0v) is 17.3. The van der Waals surface area contributed by atoms with E-state index in [4.69, 9.17) is 17.3 Å². The maximum Gasteiger partial charge on any atom is 0.227 e. The van der Waals surface area contributed by atoms with Crippen LogP contribution < -0.4 is 11.1 Å². The number of aromatic nitrogens is 1. The molecule has 0 aliphatic heterocycles. The Morgan fingerprint density at radius 1 is 1.36 bits per heavy atom. The molecule has 4 rings (SSSR count). The number of allylic oxidation sites excluding steroid dienone is 3. The summed E-state index contributed by atoms with van der Waals surface area (Å²) in [5, 5.41) is 5.59. The topological polar surface area (TPSA) is 68.0 Å².